The molecule has 5 atom stereocenters. The van der Waals surface area contributed by atoms with E-state index in [2.05, 4.69) is 18.3 Å². The highest BCUT2D eigenvalue weighted by atomic mass is 16.3. The lowest BCUT2D eigenvalue weighted by molar-refractivity contribution is -0.130. The molecule has 1 amide bonds. The number of aromatic hydroxyl groups is 1. The van der Waals surface area contributed by atoms with E-state index in [1.54, 1.807) is 13.1 Å². The molecule has 3 aliphatic carbocycles. The van der Waals surface area contributed by atoms with Gasteiger partial charge in [-0.25, -0.2) is 0 Å². The molecule has 2 fully saturated rings. The fraction of sp³-hybridized carbons (Fsp3) is 0.600. The van der Waals surface area contributed by atoms with Crippen LogP contribution >= 0.6 is 0 Å². The number of hydrogen-bond donors (Lipinski definition) is 2. The number of phenolic OH excluding ortho intramolecular Hbond substituents is 1. The second-order valence-corrected chi connectivity index (χ2v) is 8.02. The molecule has 4 rings (SSSR count). The van der Waals surface area contributed by atoms with Gasteiger partial charge in [0.05, 0.1) is 0 Å². The second kappa shape index (κ2) is 5.33. The first kappa shape index (κ1) is 15.7. The summed E-state index contributed by atoms with van der Waals surface area (Å²) in [5, 5.41) is 12.5. The summed E-state index contributed by atoms with van der Waals surface area (Å²) in [6.07, 6.45) is 4.19. The van der Waals surface area contributed by atoms with Crippen LogP contribution in [0.25, 0.3) is 0 Å². The molecule has 1 aromatic carbocycles. The first-order valence-corrected chi connectivity index (χ1v) is 9.02. The molecule has 0 spiro atoms. The number of hydrogen-bond acceptors (Lipinski definition) is 3. The van der Waals surface area contributed by atoms with Crippen LogP contribution in [0.2, 0.25) is 0 Å². The molecule has 0 aliphatic heterocycles. The minimum absolute atomic E-state index is 0.0224. The van der Waals surface area contributed by atoms with Crippen LogP contribution in [0, 0.1) is 23.2 Å². The van der Waals surface area contributed by atoms with Crippen molar-refractivity contribution in [1.82, 2.24) is 5.32 Å². The van der Waals surface area contributed by atoms with Crippen LogP contribution in [0.5, 0.6) is 5.75 Å². The van der Waals surface area contributed by atoms with Crippen LogP contribution in [0.3, 0.4) is 0 Å². The van der Waals surface area contributed by atoms with E-state index in [0.29, 0.717) is 24.0 Å². The zero-order chi connectivity index (χ0) is 17.1. The van der Waals surface area contributed by atoms with Gasteiger partial charge in [-0.3, -0.25) is 9.59 Å². The Hall–Kier alpha value is -1.84. The standard InChI is InChI=1S/C20H25NO3/c1-20-8-7-14-13-6-4-12(22)9-11(13)3-5-15(14)18(20)16(10-17(20)23)19(24)21-2/h4,6,9,14-16,18,22H,3,5,7-8,10H2,1-2H3,(H,21,24)/t14-,15-,16+,18-,20-/m1/s1. The van der Waals surface area contributed by atoms with E-state index in [1.807, 2.05) is 6.07 Å². The molecular weight excluding hydrogens is 302 g/mol. The predicted octanol–water partition coefficient (Wildman–Crippen LogP) is 2.79. The third-order valence-corrected chi connectivity index (χ3v) is 7.02. The van der Waals surface area contributed by atoms with E-state index < -0.39 is 0 Å². The molecule has 0 bridgehead atoms. The van der Waals surface area contributed by atoms with Gasteiger partial charge in [0.1, 0.15) is 11.5 Å². The third kappa shape index (κ3) is 2.04. The molecule has 0 unspecified atom stereocenters. The number of Topliss-reactive ketones (excluding diaryl/α,β-unsaturated/α-hetero) is 1. The summed E-state index contributed by atoms with van der Waals surface area (Å²) in [6, 6.07) is 5.70. The number of fused-ring (bicyclic) bond motifs is 5. The molecule has 2 saturated carbocycles. The van der Waals surface area contributed by atoms with Gasteiger partial charge in [-0.2, -0.15) is 0 Å². The van der Waals surface area contributed by atoms with Crippen LogP contribution in [0.15, 0.2) is 18.2 Å². The van der Waals surface area contributed by atoms with Gasteiger partial charge in [-0.15, -0.1) is 0 Å². The van der Waals surface area contributed by atoms with Gasteiger partial charge in [0.25, 0.3) is 0 Å². The lowest BCUT2D eigenvalue weighted by Crippen LogP contribution is -2.46. The average Bonchev–Trinajstić information content (AvgIpc) is 2.85. The largest absolute Gasteiger partial charge is 0.508 e. The summed E-state index contributed by atoms with van der Waals surface area (Å²) in [5.74, 6) is 1.38. The summed E-state index contributed by atoms with van der Waals surface area (Å²) >= 11 is 0. The smallest absolute Gasteiger partial charge is 0.223 e. The minimum atomic E-state index is -0.341. The van der Waals surface area contributed by atoms with Crippen molar-refractivity contribution in [3.8, 4) is 5.75 Å². The molecule has 1 aromatic rings. The Morgan fingerprint density at radius 1 is 1.33 bits per heavy atom. The van der Waals surface area contributed by atoms with Crippen LogP contribution in [0.1, 0.15) is 49.7 Å². The summed E-state index contributed by atoms with van der Waals surface area (Å²) in [7, 11) is 1.67. The summed E-state index contributed by atoms with van der Waals surface area (Å²) in [5.41, 5.74) is 2.22. The Bertz CT molecular complexity index is 713. The maximum Gasteiger partial charge on any atom is 0.223 e. The van der Waals surface area contributed by atoms with Crippen molar-refractivity contribution < 1.29 is 14.7 Å². The van der Waals surface area contributed by atoms with Gasteiger partial charge < -0.3 is 10.4 Å². The van der Waals surface area contributed by atoms with Crippen LogP contribution in [0.4, 0.5) is 0 Å². The Morgan fingerprint density at radius 3 is 2.88 bits per heavy atom. The van der Waals surface area contributed by atoms with E-state index in [-0.39, 0.29) is 28.9 Å². The fourth-order valence-electron chi connectivity index (χ4n) is 5.89. The molecule has 4 heteroatoms. The lowest BCUT2D eigenvalue weighted by atomic mass is 9.54. The number of ketones is 1. The summed E-state index contributed by atoms with van der Waals surface area (Å²) in [6.45, 7) is 2.09. The Labute approximate surface area is 142 Å². The van der Waals surface area contributed by atoms with Crippen molar-refractivity contribution >= 4 is 11.7 Å². The van der Waals surface area contributed by atoms with E-state index in [4.69, 9.17) is 0 Å². The first-order valence-electron chi connectivity index (χ1n) is 9.02. The van der Waals surface area contributed by atoms with Gasteiger partial charge in [0.15, 0.2) is 0 Å². The Kier molecular flexibility index (Phi) is 3.48. The Morgan fingerprint density at radius 2 is 2.12 bits per heavy atom. The monoisotopic (exact) mass is 327 g/mol. The normalized spacial score (nSPS) is 37.3. The van der Waals surface area contributed by atoms with Gasteiger partial charge in [-0.05, 0) is 66.7 Å². The zero-order valence-corrected chi connectivity index (χ0v) is 14.3. The summed E-state index contributed by atoms with van der Waals surface area (Å²) < 4.78 is 0. The van der Waals surface area contributed by atoms with Crippen LogP contribution < -0.4 is 5.32 Å². The third-order valence-electron chi connectivity index (χ3n) is 7.02. The predicted molar refractivity (Wildman–Crippen MR) is 90.7 cm³/mol. The molecule has 128 valence electrons. The number of amides is 1. The molecule has 3 aliphatic rings. The van der Waals surface area contributed by atoms with Crippen molar-refractivity contribution in [3.63, 3.8) is 0 Å². The van der Waals surface area contributed by atoms with Gasteiger partial charge in [-0.1, -0.05) is 13.0 Å². The van der Waals surface area contributed by atoms with E-state index in [0.717, 1.165) is 25.7 Å². The maximum atomic E-state index is 12.7. The Balaban J connectivity index is 1.75. The van der Waals surface area contributed by atoms with Crippen LogP contribution in [-0.4, -0.2) is 23.8 Å². The molecule has 2 N–H and O–H groups in total. The second-order valence-electron chi connectivity index (χ2n) is 8.02. The SMILES string of the molecule is CNC(=O)[C@H]1CC(=O)[C@@]2(C)CC[C@@H]3c4ccc(O)cc4CC[C@H]3[C@H]12. The molecule has 4 nitrogen and oxygen atoms in total. The van der Waals surface area contributed by atoms with Crippen molar-refractivity contribution in [2.75, 3.05) is 7.05 Å². The molecule has 24 heavy (non-hydrogen) atoms. The number of phenols is 1. The van der Waals surface area contributed by atoms with E-state index in [9.17, 15) is 14.7 Å². The summed E-state index contributed by atoms with van der Waals surface area (Å²) in [4.78, 5) is 25.1. The molecule has 0 radical (unpaired) electrons. The van der Waals surface area contributed by atoms with Gasteiger partial charge >= 0.3 is 0 Å². The van der Waals surface area contributed by atoms with Gasteiger partial charge in [0, 0.05) is 24.8 Å². The number of nitrogens with one attached hydrogen (secondary N) is 1. The highest BCUT2D eigenvalue weighted by Gasteiger charge is 2.60. The zero-order valence-electron chi connectivity index (χ0n) is 14.3. The minimum Gasteiger partial charge on any atom is -0.508 e. The van der Waals surface area contributed by atoms with Crippen molar-refractivity contribution in [2.24, 2.45) is 23.2 Å². The number of rotatable bonds is 1. The number of carbonyl (C=O) groups is 2. The van der Waals surface area contributed by atoms with Crippen LogP contribution in [-0.2, 0) is 16.0 Å². The van der Waals surface area contributed by atoms with E-state index >= 15 is 0 Å². The molecular formula is C20H25NO3. The highest BCUT2D eigenvalue weighted by Crippen LogP contribution is 2.61. The number of benzene rings is 1. The van der Waals surface area contributed by atoms with Gasteiger partial charge in [0.2, 0.25) is 5.91 Å². The lowest BCUT2D eigenvalue weighted by Gasteiger charge is -2.49. The first-order chi connectivity index (χ1) is 11.5. The average molecular weight is 327 g/mol. The molecule has 0 aromatic heterocycles. The quantitative estimate of drug-likeness (QED) is 0.833. The van der Waals surface area contributed by atoms with Crippen molar-refractivity contribution in [3.05, 3.63) is 29.3 Å². The topological polar surface area (TPSA) is 66.4 Å². The molecule has 0 heterocycles. The van der Waals surface area contributed by atoms with E-state index in [1.165, 1.54) is 11.1 Å². The highest BCUT2D eigenvalue weighted by molar-refractivity contribution is 5.94. The van der Waals surface area contributed by atoms with Crippen molar-refractivity contribution in [1.29, 1.82) is 0 Å². The number of carbonyl (C=O) groups excluding carboxylic acids is 2. The number of aryl methyl sites for hydroxylation is 1. The molecule has 0 saturated heterocycles. The maximum absolute atomic E-state index is 12.7. The fourth-order valence-corrected chi connectivity index (χ4v) is 5.89. The van der Waals surface area contributed by atoms with Crippen molar-refractivity contribution in [2.45, 2.75) is 44.9 Å².